The molecular weight excluding hydrogens is 296 g/mol. The van der Waals surface area contributed by atoms with E-state index in [2.05, 4.69) is 15.2 Å². The minimum atomic E-state index is 0.649. The monoisotopic (exact) mass is 312 g/mol. The highest BCUT2D eigenvalue weighted by Crippen LogP contribution is 2.29. The molecule has 0 aliphatic carbocycles. The number of aromatic nitrogens is 3. The summed E-state index contributed by atoms with van der Waals surface area (Å²) in [6.07, 6.45) is 0. The van der Waals surface area contributed by atoms with Crippen LogP contribution in [0.25, 0.3) is 22.0 Å². The number of thiophene rings is 1. The number of nitrogens with zero attached hydrogens (tertiary/aromatic N) is 4. The fourth-order valence-corrected chi connectivity index (χ4v) is 2.73. The molecule has 0 aliphatic rings. The minimum absolute atomic E-state index is 0.649. The van der Waals surface area contributed by atoms with Crippen molar-refractivity contribution in [3.8, 4) is 27.7 Å². The fourth-order valence-electron chi connectivity index (χ4n) is 2.08. The first kappa shape index (κ1) is 14.5. The van der Waals surface area contributed by atoms with E-state index in [4.69, 9.17) is 4.74 Å². The summed E-state index contributed by atoms with van der Waals surface area (Å²) in [4.78, 5) is 7.63. The maximum absolute atomic E-state index is 5.19. The lowest BCUT2D eigenvalue weighted by Crippen LogP contribution is -2.14. The summed E-state index contributed by atoms with van der Waals surface area (Å²) in [5, 5.41) is 10.7. The van der Waals surface area contributed by atoms with Gasteiger partial charge in [0.05, 0.1) is 12.0 Å². The van der Waals surface area contributed by atoms with Crippen molar-refractivity contribution in [1.82, 2.24) is 15.2 Å². The highest BCUT2D eigenvalue weighted by atomic mass is 32.1. The van der Waals surface area contributed by atoms with Crippen molar-refractivity contribution in [3.05, 3.63) is 41.8 Å². The maximum atomic E-state index is 5.19. The van der Waals surface area contributed by atoms with E-state index >= 15 is 0 Å². The average Bonchev–Trinajstić information content (AvgIpc) is 3.09. The van der Waals surface area contributed by atoms with Crippen molar-refractivity contribution in [2.75, 3.05) is 26.1 Å². The molecule has 0 saturated carbocycles. The van der Waals surface area contributed by atoms with E-state index in [0.29, 0.717) is 5.82 Å². The number of benzene rings is 1. The Morgan fingerprint density at radius 1 is 1.05 bits per heavy atom. The lowest BCUT2D eigenvalue weighted by Gasteiger charge is -2.15. The summed E-state index contributed by atoms with van der Waals surface area (Å²) in [5.74, 6) is 2.26. The van der Waals surface area contributed by atoms with E-state index in [-0.39, 0.29) is 0 Å². The van der Waals surface area contributed by atoms with Crippen LogP contribution in [0.1, 0.15) is 0 Å². The SMILES string of the molecule is COc1ccc(-c2nnc(-c3cccs3)nc2N(C)C)cc1. The standard InChI is InChI=1S/C16H16N4OS/c1-20(2)16-14(11-6-8-12(21-3)9-7-11)18-19-15(17-16)13-5-4-10-22-13/h4-10H,1-3H3. The quantitative estimate of drug-likeness (QED) is 0.739. The molecule has 0 bridgehead atoms. The van der Waals surface area contributed by atoms with Crippen LogP contribution in [-0.2, 0) is 0 Å². The van der Waals surface area contributed by atoms with Crippen LogP contribution in [0, 0.1) is 0 Å². The van der Waals surface area contributed by atoms with Crippen LogP contribution in [0.3, 0.4) is 0 Å². The second-order valence-electron chi connectivity index (χ2n) is 4.91. The summed E-state index contributed by atoms with van der Waals surface area (Å²) in [6, 6.07) is 11.7. The normalized spacial score (nSPS) is 10.5. The zero-order chi connectivity index (χ0) is 15.5. The van der Waals surface area contributed by atoms with Gasteiger partial charge in [-0.3, -0.25) is 0 Å². The number of rotatable bonds is 4. The van der Waals surface area contributed by atoms with E-state index in [1.165, 1.54) is 0 Å². The highest BCUT2D eigenvalue weighted by molar-refractivity contribution is 7.13. The Morgan fingerprint density at radius 3 is 2.41 bits per heavy atom. The van der Waals surface area contributed by atoms with Crippen molar-refractivity contribution in [1.29, 1.82) is 0 Å². The van der Waals surface area contributed by atoms with Gasteiger partial charge < -0.3 is 9.64 Å². The second kappa shape index (κ2) is 6.11. The summed E-state index contributed by atoms with van der Waals surface area (Å²) in [7, 11) is 5.56. The fraction of sp³-hybridized carbons (Fsp3) is 0.188. The first-order chi connectivity index (χ1) is 10.7. The van der Waals surface area contributed by atoms with Gasteiger partial charge in [0.1, 0.15) is 11.4 Å². The molecule has 0 radical (unpaired) electrons. The topological polar surface area (TPSA) is 51.1 Å². The molecule has 1 aromatic carbocycles. The summed E-state index contributed by atoms with van der Waals surface area (Å²) in [6.45, 7) is 0. The van der Waals surface area contributed by atoms with Crippen molar-refractivity contribution >= 4 is 17.2 Å². The first-order valence-corrected chi connectivity index (χ1v) is 7.67. The molecular formula is C16H16N4OS. The molecule has 3 aromatic rings. The Bertz CT molecular complexity index is 754. The number of hydrogen-bond acceptors (Lipinski definition) is 6. The molecule has 0 aliphatic heterocycles. The van der Waals surface area contributed by atoms with Crippen LogP contribution in [0.4, 0.5) is 5.82 Å². The van der Waals surface area contributed by atoms with E-state index in [0.717, 1.165) is 27.7 Å². The van der Waals surface area contributed by atoms with Crippen molar-refractivity contribution in [2.24, 2.45) is 0 Å². The number of anilines is 1. The minimum Gasteiger partial charge on any atom is -0.497 e. The molecule has 22 heavy (non-hydrogen) atoms. The largest absolute Gasteiger partial charge is 0.497 e. The van der Waals surface area contributed by atoms with Gasteiger partial charge in [-0.2, -0.15) is 0 Å². The van der Waals surface area contributed by atoms with Gasteiger partial charge >= 0.3 is 0 Å². The second-order valence-corrected chi connectivity index (χ2v) is 5.86. The molecule has 0 N–H and O–H groups in total. The summed E-state index contributed by atoms with van der Waals surface area (Å²) in [5.41, 5.74) is 1.72. The molecule has 112 valence electrons. The van der Waals surface area contributed by atoms with Gasteiger partial charge in [-0.25, -0.2) is 4.98 Å². The number of hydrogen-bond donors (Lipinski definition) is 0. The van der Waals surface area contributed by atoms with Gasteiger partial charge in [-0.15, -0.1) is 21.5 Å². The Balaban J connectivity index is 2.06. The van der Waals surface area contributed by atoms with Crippen LogP contribution in [0.15, 0.2) is 41.8 Å². The molecule has 0 fully saturated rings. The molecule has 0 saturated heterocycles. The first-order valence-electron chi connectivity index (χ1n) is 6.79. The van der Waals surface area contributed by atoms with Gasteiger partial charge in [0.15, 0.2) is 11.6 Å². The van der Waals surface area contributed by atoms with Gasteiger partial charge in [0.25, 0.3) is 0 Å². The third-order valence-electron chi connectivity index (χ3n) is 3.20. The van der Waals surface area contributed by atoms with Crippen LogP contribution >= 0.6 is 11.3 Å². The van der Waals surface area contributed by atoms with E-state index in [1.54, 1.807) is 18.4 Å². The van der Waals surface area contributed by atoms with E-state index < -0.39 is 0 Å². The smallest absolute Gasteiger partial charge is 0.193 e. The predicted octanol–water partition coefficient (Wildman–Crippen LogP) is 3.34. The van der Waals surface area contributed by atoms with Crippen LogP contribution < -0.4 is 9.64 Å². The molecule has 6 heteroatoms. The van der Waals surface area contributed by atoms with Crippen molar-refractivity contribution < 1.29 is 4.74 Å². The molecule has 2 heterocycles. The molecule has 0 spiro atoms. The molecule has 0 amide bonds. The summed E-state index contributed by atoms with van der Waals surface area (Å²) < 4.78 is 5.19. The molecule has 0 atom stereocenters. The molecule has 2 aromatic heterocycles. The number of ether oxygens (including phenoxy) is 1. The lowest BCUT2D eigenvalue weighted by atomic mass is 10.1. The lowest BCUT2D eigenvalue weighted by molar-refractivity contribution is 0.415. The Hall–Kier alpha value is -2.47. The van der Waals surface area contributed by atoms with Gasteiger partial charge in [0, 0.05) is 19.7 Å². The predicted molar refractivity (Wildman–Crippen MR) is 89.5 cm³/mol. The third kappa shape index (κ3) is 2.78. The van der Waals surface area contributed by atoms with Crippen molar-refractivity contribution in [2.45, 2.75) is 0 Å². The van der Waals surface area contributed by atoms with Crippen LogP contribution in [-0.4, -0.2) is 36.4 Å². The molecule has 5 nitrogen and oxygen atoms in total. The number of methoxy groups -OCH3 is 1. The average molecular weight is 312 g/mol. The summed E-state index contributed by atoms with van der Waals surface area (Å²) >= 11 is 1.60. The Labute approximate surface area is 133 Å². The van der Waals surface area contributed by atoms with E-state index in [9.17, 15) is 0 Å². The van der Waals surface area contributed by atoms with Crippen LogP contribution in [0.5, 0.6) is 5.75 Å². The van der Waals surface area contributed by atoms with Gasteiger partial charge in [-0.1, -0.05) is 6.07 Å². The van der Waals surface area contributed by atoms with Crippen LogP contribution in [0.2, 0.25) is 0 Å². The van der Waals surface area contributed by atoms with Crippen molar-refractivity contribution in [3.63, 3.8) is 0 Å². The maximum Gasteiger partial charge on any atom is 0.193 e. The highest BCUT2D eigenvalue weighted by Gasteiger charge is 2.14. The Kier molecular flexibility index (Phi) is 4.02. The Morgan fingerprint density at radius 2 is 1.82 bits per heavy atom. The third-order valence-corrected chi connectivity index (χ3v) is 4.06. The molecule has 0 unspecified atom stereocenters. The van der Waals surface area contributed by atoms with Gasteiger partial charge in [0.2, 0.25) is 0 Å². The van der Waals surface area contributed by atoms with Gasteiger partial charge in [-0.05, 0) is 35.7 Å². The zero-order valence-corrected chi connectivity index (χ0v) is 13.5. The zero-order valence-electron chi connectivity index (χ0n) is 12.6. The van der Waals surface area contributed by atoms with E-state index in [1.807, 2.05) is 60.8 Å². The molecule has 3 rings (SSSR count).